The zero-order valence-electron chi connectivity index (χ0n) is 11.3. The predicted octanol–water partition coefficient (Wildman–Crippen LogP) is 4.62. The molecule has 0 saturated heterocycles. The molecule has 0 saturated carbocycles. The zero-order chi connectivity index (χ0) is 13.1. The van der Waals surface area contributed by atoms with Crippen molar-refractivity contribution in [2.75, 3.05) is 0 Å². The van der Waals surface area contributed by atoms with E-state index in [1.54, 1.807) is 0 Å². The molecule has 0 heterocycles. The van der Waals surface area contributed by atoms with Gasteiger partial charge >= 0.3 is 0 Å². The maximum absolute atomic E-state index is 6.44. The molecule has 0 spiro atoms. The molecular formula is C16H21Cl. The number of hydrogen-bond donors (Lipinski definition) is 0. The van der Waals surface area contributed by atoms with E-state index in [0.29, 0.717) is 0 Å². The first-order chi connectivity index (χ1) is 7.73. The van der Waals surface area contributed by atoms with Gasteiger partial charge in [-0.2, -0.15) is 0 Å². The summed E-state index contributed by atoms with van der Waals surface area (Å²) in [5.74, 6) is 6.39. The van der Waals surface area contributed by atoms with Crippen LogP contribution < -0.4 is 0 Å². The summed E-state index contributed by atoms with van der Waals surface area (Å²) in [4.78, 5) is 0. The van der Waals surface area contributed by atoms with Crippen molar-refractivity contribution in [2.24, 2.45) is 5.41 Å². The standard InChI is InChI=1S/C16H21Cl/c1-15(2,3)12-11-14(17)16(4,5)13-9-7-6-8-10-13/h6-10,14H,1-5H3. The van der Waals surface area contributed by atoms with E-state index >= 15 is 0 Å². The van der Waals surface area contributed by atoms with E-state index in [0.717, 1.165) is 0 Å². The summed E-state index contributed by atoms with van der Waals surface area (Å²) in [6.45, 7) is 10.6. The van der Waals surface area contributed by atoms with Crippen LogP contribution in [0.15, 0.2) is 30.3 Å². The molecule has 1 aromatic carbocycles. The summed E-state index contributed by atoms with van der Waals surface area (Å²) in [5, 5.41) is -0.177. The van der Waals surface area contributed by atoms with Gasteiger partial charge in [0, 0.05) is 10.8 Å². The molecule has 0 aliphatic heterocycles. The lowest BCUT2D eigenvalue weighted by atomic mass is 9.81. The van der Waals surface area contributed by atoms with E-state index in [1.165, 1.54) is 5.56 Å². The number of hydrogen-bond acceptors (Lipinski definition) is 0. The van der Waals surface area contributed by atoms with Crippen LogP contribution in [0, 0.1) is 17.3 Å². The van der Waals surface area contributed by atoms with Crippen LogP contribution in [0.2, 0.25) is 0 Å². The van der Waals surface area contributed by atoms with E-state index in [4.69, 9.17) is 11.6 Å². The molecule has 1 atom stereocenters. The fourth-order valence-electron chi connectivity index (χ4n) is 1.47. The van der Waals surface area contributed by atoms with Gasteiger partial charge in [0.25, 0.3) is 0 Å². The molecule has 0 aliphatic carbocycles. The third-order valence-corrected chi connectivity index (χ3v) is 3.38. The zero-order valence-corrected chi connectivity index (χ0v) is 12.1. The fourth-order valence-corrected chi connectivity index (χ4v) is 1.65. The number of rotatable bonds is 2. The van der Waals surface area contributed by atoms with Crippen molar-refractivity contribution in [2.45, 2.75) is 45.4 Å². The maximum Gasteiger partial charge on any atom is 0.103 e. The highest BCUT2D eigenvalue weighted by Crippen LogP contribution is 2.30. The molecule has 0 aliphatic rings. The highest BCUT2D eigenvalue weighted by atomic mass is 35.5. The van der Waals surface area contributed by atoms with Gasteiger partial charge in [0.15, 0.2) is 0 Å². The van der Waals surface area contributed by atoms with Gasteiger partial charge in [-0.3, -0.25) is 0 Å². The van der Waals surface area contributed by atoms with Crippen molar-refractivity contribution in [3.05, 3.63) is 35.9 Å². The van der Waals surface area contributed by atoms with Gasteiger partial charge in [-0.25, -0.2) is 0 Å². The van der Waals surface area contributed by atoms with Gasteiger partial charge in [0.05, 0.1) is 0 Å². The highest BCUT2D eigenvalue weighted by Gasteiger charge is 2.28. The van der Waals surface area contributed by atoms with Gasteiger partial charge in [-0.15, -0.1) is 11.6 Å². The van der Waals surface area contributed by atoms with Crippen LogP contribution in [0.3, 0.4) is 0 Å². The minimum absolute atomic E-state index is 0.0000914. The van der Waals surface area contributed by atoms with Gasteiger partial charge in [0.1, 0.15) is 5.38 Å². The number of alkyl halides is 1. The van der Waals surface area contributed by atoms with Crippen LogP contribution in [-0.4, -0.2) is 5.38 Å². The van der Waals surface area contributed by atoms with Crippen LogP contribution in [0.25, 0.3) is 0 Å². The smallest absolute Gasteiger partial charge is 0.103 e. The van der Waals surface area contributed by atoms with Gasteiger partial charge in [-0.1, -0.05) is 56.0 Å². The predicted molar refractivity (Wildman–Crippen MR) is 76.3 cm³/mol. The Balaban J connectivity index is 2.94. The van der Waals surface area contributed by atoms with E-state index in [1.807, 2.05) is 18.2 Å². The topological polar surface area (TPSA) is 0 Å². The van der Waals surface area contributed by atoms with Crippen LogP contribution in [-0.2, 0) is 5.41 Å². The molecule has 0 N–H and O–H groups in total. The summed E-state index contributed by atoms with van der Waals surface area (Å²) in [7, 11) is 0. The first-order valence-corrected chi connectivity index (χ1v) is 6.39. The third kappa shape index (κ3) is 4.10. The van der Waals surface area contributed by atoms with Crippen molar-refractivity contribution >= 4 is 11.6 Å². The fraction of sp³-hybridized carbons (Fsp3) is 0.500. The second-order valence-electron chi connectivity index (χ2n) is 5.97. The van der Waals surface area contributed by atoms with E-state index in [2.05, 4.69) is 58.6 Å². The molecule has 1 aromatic rings. The van der Waals surface area contributed by atoms with Crippen LogP contribution >= 0.6 is 11.6 Å². The molecule has 0 bridgehead atoms. The molecule has 1 heteroatoms. The first-order valence-electron chi connectivity index (χ1n) is 5.96. The quantitative estimate of drug-likeness (QED) is 0.529. The van der Waals surface area contributed by atoms with E-state index in [-0.39, 0.29) is 16.2 Å². The minimum Gasteiger partial charge on any atom is -0.108 e. The Labute approximate surface area is 110 Å². The molecule has 1 rings (SSSR count). The molecule has 0 nitrogen and oxygen atoms in total. The highest BCUT2D eigenvalue weighted by molar-refractivity contribution is 6.23. The lowest BCUT2D eigenvalue weighted by molar-refractivity contribution is 0.541. The molecule has 0 amide bonds. The van der Waals surface area contributed by atoms with Crippen molar-refractivity contribution in [1.82, 2.24) is 0 Å². The molecule has 1 unspecified atom stereocenters. The van der Waals surface area contributed by atoms with E-state index < -0.39 is 0 Å². The van der Waals surface area contributed by atoms with Gasteiger partial charge in [0.2, 0.25) is 0 Å². The Morgan fingerprint density at radius 3 is 2.00 bits per heavy atom. The average molecular weight is 249 g/mol. The summed E-state index contributed by atoms with van der Waals surface area (Å²) in [6.07, 6.45) is 0. The molecular weight excluding hydrogens is 228 g/mol. The largest absolute Gasteiger partial charge is 0.108 e. The average Bonchev–Trinajstić information content (AvgIpc) is 2.26. The molecule has 0 radical (unpaired) electrons. The van der Waals surface area contributed by atoms with Gasteiger partial charge in [-0.05, 0) is 26.3 Å². The van der Waals surface area contributed by atoms with Crippen LogP contribution in [0.1, 0.15) is 40.2 Å². The van der Waals surface area contributed by atoms with Crippen molar-refractivity contribution < 1.29 is 0 Å². The maximum atomic E-state index is 6.44. The second kappa shape index (κ2) is 5.15. The van der Waals surface area contributed by atoms with Crippen LogP contribution in [0.5, 0.6) is 0 Å². The molecule has 92 valence electrons. The van der Waals surface area contributed by atoms with E-state index in [9.17, 15) is 0 Å². The Morgan fingerprint density at radius 2 is 1.53 bits per heavy atom. The first kappa shape index (κ1) is 14.1. The Kier molecular flexibility index (Phi) is 4.28. The normalized spacial score (nSPS) is 13.8. The lowest BCUT2D eigenvalue weighted by Gasteiger charge is -2.27. The summed E-state index contributed by atoms with van der Waals surface area (Å²) in [5.41, 5.74) is 1.09. The molecule has 0 aromatic heterocycles. The monoisotopic (exact) mass is 248 g/mol. The third-order valence-electron chi connectivity index (χ3n) is 2.73. The van der Waals surface area contributed by atoms with Crippen LogP contribution in [0.4, 0.5) is 0 Å². The SMILES string of the molecule is CC(C)(C)C#CC(Cl)C(C)(C)c1ccccc1. The lowest BCUT2D eigenvalue weighted by Crippen LogP contribution is -2.28. The summed E-state index contributed by atoms with van der Waals surface area (Å²) < 4.78 is 0. The number of benzene rings is 1. The summed E-state index contributed by atoms with van der Waals surface area (Å²) >= 11 is 6.44. The Hall–Kier alpha value is -0.930. The molecule has 17 heavy (non-hydrogen) atoms. The summed E-state index contributed by atoms with van der Waals surface area (Å²) in [6, 6.07) is 10.3. The Bertz CT molecular complexity index is 412. The van der Waals surface area contributed by atoms with Gasteiger partial charge < -0.3 is 0 Å². The minimum atomic E-state index is -0.177. The van der Waals surface area contributed by atoms with Crippen molar-refractivity contribution in [3.8, 4) is 11.8 Å². The second-order valence-corrected chi connectivity index (χ2v) is 6.41. The van der Waals surface area contributed by atoms with Crippen molar-refractivity contribution in [1.29, 1.82) is 0 Å². The number of halogens is 1. The molecule has 0 fully saturated rings. The Morgan fingerprint density at radius 1 is 1.00 bits per heavy atom. The van der Waals surface area contributed by atoms with Crippen molar-refractivity contribution in [3.63, 3.8) is 0 Å².